The number of hydrogen-bond acceptors (Lipinski definition) is 6. The predicted octanol–water partition coefficient (Wildman–Crippen LogP) is 5.83. The minimum absolute atomic E-state index is 0.0455. The summed E-state index contributed by atoms with van der Waals surface area (Å²) in [6.45, 7) is 0. The van der Waals surface area contributed by atoms with E-state index in [1.807, 2.05) is 24.3 Å². The lowest BCUT2D eigenvalue weighted by atomic mass is 9.84. The molecule has 4 aromatic rings. The van der Waals surface area contributed by atoms with Crippen LogP contribution in [0.1, 0.15) is 59.6 Å². The van der Waals surface area contributed by atoms with Crippen LogP contribution < -0.4 is 4.74 Å². The number of methoxy groups -OCH3 is 1. The molecule has 1 aliphatic carbocycles. The topological polar surface area (TPSA) is 97.7 Å². The van der Waals surface area contributed by atoms with Gasteiger partial charge in [-0.3, -0.25) is 9.36 Å². The predicted molar refractivity (Wildman–Crippen MR) is 127 cm³/mol. The normalized spacial score (nSPS) is 14.3. The molecule has 0 unspecified atom stereocenters. The van der Waals surface area contributed by atoms with Crippen molar-refractivity contribution in [2.45, 2.75) is 38.0 Å². The minimum atomic E-state index is -0.391. The smallest absolute Gasteiger partial charge is 0.240 e. The van der Waals surface area contributed by atoms with E-state index in [2.05, 4.69) is 4.98 Å². The van der Waals surface area contributed by atoms with Gasteiger partial charge in [0, 0.05) is 28.4 Å². The molecule has 0 radical (unpaired) electrons. The van der Waals surface area contributed by atoms with E-state index in [1.165, 1.54) is 6.26 Å². The van der Waals surface area contributed by atoms with E-state index < -0.39 is 5.75 Å². The number of oxazole rings is 1. The van der Waals surface area contributed by atoms with E-state index in [1.54, 1.807) is 42.1 Å². The number of nitrogens with zero attached hydrogens (tertiary/aromatic N) is 2. The molecule has 0 amide bonds. The molecule has 0 bridgehead atoms. The lowest BCUT2D eigenvalue weighted by Gasteiger charge is -2.25. The molecule has 1 saturated carbocycles. The van der Waals surface area contributed by atoms with E-state index in [0.717, 1.165) is 37.7 Å². The molecule has 2 heterocycles. The van der Waals surface area contributed by atoms with Crippen molar-refractivity contribution in [2.24, 2.45) is 0 Å². The zero-order chi connectivity index (χ0) is 23.7. The van der Waals surface area contributed by atoms with Crippen LogP contribution >= 0.6 is 0 Å². The molecule has 2 aromatic carbocycles. The molecule has 7 nitrogen and oxygen atoms in total. The van der Waals surface area contributed by atoms with Gasteiger partial charge in [-0.2, -0.15) is 0 Å². The van der Waals surface area contributed by atoms with Crippen molar-refractivity contribution in [3.63, 3.8) is 0 Å². The number of aromatic nitrogens is 2. The highest BCUT2D eigenvalue weighted by Gasteiger charge is 2.33. The molecule has 0 saturated heterocycles. The van der Waals surface area contributed by atoms with Crippen LogP contribution in [0.15, 0.2) is 65.4 Å². The van der Waals surface area contributed by atoms with Crippen molar-refractivity contribution < 1.29 is 24.2 Å². The highest BCUT2D eigenvalue weighted by molar-refractivity contribution is 6.12. The first-order valence-electron chi connectivity index (χ1n) is 11.4. The van der Waals surface area contributed by atoms with E-state index in [0.29, 0.717) is 28.6 Å². The van der Waals surface area contributed by atoms with Crippen LogP contribution in [0.4, 0.5) is 0 Å². The molecule has 2 aromatic heterocycles. The van der Waals surface area contributed by atoms with Gasteiger partial charge in [0.2, 0.25) is 11.8 Å². The Balaban J connectivity index is 1.63. The Kier molecular flexibility index (Phi) is 5.84. The third-order valence-electron chi connectivity index (χ3n) is 6.53. The van der Waals surface area contributed by atoms with Crippen LogP contribution in [0.3, 0.4) is 0 Å². The van der Waals surface area contributed by atoms with Gasteiger partial charge in [-0.1, -0.05) is 19.3 Å². The highest BCUT2D eigenvalue weighted by Crippen LogP contribution is 2.46. The molecule has 34 heavy (non-hydrogen) atoms. The maximum Gasteiger partial charge on any atom is 0.240 e. The number of carbonyl (C=O) groups is 1. The molecule has 1 fully saturated rings. The molecule has 0 aliphatic heterocycles. The van der Waals surface area contributed by atoms with Gasteiger partial charge in [0.15, 0.2) is 11.5 Å². The summed E-state index contributed by atoms with van der Waals surface area (Å²) >= 11 is 0. The van der Waals surface area contributed by atoms with Gasteiger partial charge in [0.25, 0.3) is 0 Å². The van der Waals surface area contributed by atoms with Crippen molar-refractivity contribution in [3.05, 3.63) is 77.8 Å². The molecule has 0 spiro atoms. The molecule has 2 N–H and O–H groups in total. The van der Waals surface area contributed by atoms with Gasteiger partial charge >= 0.3 is 0 Å². The second-order valence-electron chi connectivity index (χ2n) is 8.54. The van der Waals surface area contributed by atoms with Crippen LogP contribution in [0.2, 0.25) is 0 Å². The van der Waals surface area contributed by atoms with Gasteiger partial charge < -0.3 is 19.4 Å². The Labute approximate surface area is 197 Å². The lowest BCUT2D eigenvalue weighted by Crippen LogP contribution is -2.14. The average molecular weight is 459 g/mol. The van der Waals surface area contributed by atoms with Crippen molar-refractivity contribution in [2.75, 3.05) is 7.11 Å². The third-order valence-corrected chi connectivity index (χ3v) is 6.53. The quantitative estimate of drug-likeness (QED) is 0.353. The Morgan fingerprint density at radius 1 is 1.03 bits per heavy atom. The van der Waals surface area contributed by atoms with E-state index >= 15 is 0 Å². The number of carbonyl (C=O) groups excluding carboxylic acids is 1. The minimum Gasteiger partial charge on any atom is -0.503 e. The fraction of sp³-hybridized carbons (Fsp3) is 0.259. The Hall–Kier alpha value is -4.00. The van der Waals surface area contributed by atoms with Gasteiger partial charge in [-0.15, -0.1) is 0 Å². The van der Waals surface area contributed by atoms with Crippen molar-refractivity contribution >= 4 is 5.78 Å². The summed E-state index contributed by atoms with van der Waals surface area (Å²) in [6, 6.07) is 14.1. The van der Waals surface area contributed by atoms with Crippen LogP contribution in [-0.2, 0) is 0 Å². The second-order valence-corrected chi connectivity index (χ2v) is 8.54. The molecule has 7 heteroatoms. The number of benzene rings is 2. The maximum absolute atomic E-state index is 13.6. The summed E-state index contributed by atoms with van der Waals surface area (Å²) in [5.74, 6) is 0.128. The van der Waals surface area contributed by atoms with E-state index in [9.17, 15) is 15.0 Å². The summed E-state index contributed by atoms with van der Waals surface area (Å²) < 4.78 is 12.2. The fourth-order valence-electron chi connectivity index (χ4n) is 4.82. The van der Waals surface area contributed by atoms with E-state index in [-0.39, 0.29) is 23.1 Å². The monoisotopic (exact) mass is 458 g/mol. The number of aromatic hydroxyl groups is 2. The van der Waals surface area contributed by atoms with Gasteiger partial charge in [-0.05, 0) is 61.4 Å². The summed E-state index contributed by atoms with van der Waals surface area (Å²) in [7, 11) is 1.56. The Morgan fingerprint density at radius 3 is 2.35 bits per heavy atom. The summed E-state index contributed by atoms with van der Waals surface area (Å²) in [4.78, 5) is 17.8. The number of ketones is 1. The fourth-order valence-corrected chi connectivity index (χ4v) is 4.82. The zero-order valence-electron chi connectivity index (χ0n) is 18.9. The molecule has 174 valence electrons. The molecular weight excluding hydrogens is 432 g/mol. The van der Waals surface area contributed by atoms with Crippen molar-refractivity contribution in [1.82, 2.24) is 9.55 Å². The number of rotatable bonds is 6. The highest BCUT2D eigenvalue weighted by atomic mass is 16.5. The van der Waals surface area contributed by atoms with E-state index in [4.69, 9.17) is 9.15 Å². The van der Waals surface area contributed by atoms with Crippen LogP contribution in [-0.4, -0.2) is 32.7 Å². The van der Waals surface area contributed by atoms with Crippen LogP contribution in [0.25, 0.3) is 17.1 Å². The van der Waals surface area contributed by atoms with Gasteiger partial charge in [-0.25, -0.2) is 4.98 Å². The molecule has 1 aliphatic rings. The first kappa shape index (κ1) is 21.8. The van der Waals surface area contributed by atoms with Crippen LogP contribution in [0.5, 0.6) is 17.4 Å². The first-order valence-corrected chi connectivity index (χ1v) is 11.4. The van der Waals surface area contributed by atoms with Gasteiger partial charge in [0.05, 0.1) is 18.9 Å². The molecular formula is C27H26N2O5. The summed E-state index contributed by atoms with van der Waals surface area (Å²) in [5.41, 5.74) is 2.67. The van der Waals surface area contributed by atoms with Gasteiger partial charge in [0.1, 0.15) is 12.0 Å². The third kappa shape index (κ3) is 3.83. The SMILES string of the molecule is COc1ccc(C(=O)c2c(O)c(O)n(-c3ccc(-c4ncco4)cc3)c2C2CCCCC2)cc1. The lowest BCUT2D eigenvalue weighted by molar-refractivity contribution is 0.103. The number of hydrogen-bond donors (Lipinski definition) is 2. The van der Waals surface area contributed by atoms with Crippen LogP contribution in [0, 0.1) is 0 Å². The molecule has 5 rings (SSSR count). The molecule has 0 atom stereocenters. The summed E-state index contributed by atoms with van der Waals surface area (Å²) in [5, 5.41) is 22.0. The summed E-state index contributed by atoms with van der Waals surface area (Å²) in [6.07, 6.45) is 8.09. The maximum atomic E-state index is 13.6. The van der Waals surface area contributed by atoms with Crippen molar-refractivity contribution in [1.29, 1.82) is 0 Å². The largest absolute Gasteiger partial charge is 0.503 e. The first-order chi connectivity index (χ1) is 16.6. The second kappa shape index (κ2) is 9.09. The standard InChI is InChI=1S/C27H26N2O5/c1-33-21-13-9-18(10-14-21)24(30)22-23(17-5-3-2-4-6-17)29(27(32)25(22)31)20-11-7-19(8-12-20)26-28-15-16-34-26/h7-17,31-32H,2-6H2,1H3. The zero-order valence-corrected chi connectivity index (χ0v) is 18.9. The van der Waals surface area contributed by atoms with Crippen molar-refractivity contribution in [3.8, 4) is 34.5 Å². The Bertz CT molecular complexity index is 1280. The Morgan fingerprint density at radius 2 is 1.74 bits per heavy atom. The average Bonchev–Trinajstić information content (AvgIpc) is 3.52. The number of ether oxygens (including phenoxy) is 1.